The van der Waals surface area contributed by atoms with Crippen molar-refractivity contribution in [3.63, 3.8) is 0 Å². The van der Waals surface area contributed by atoms with E-state index in [9.17, 15) is 9.59 Å². The maximum Gasteiger partial charge on any atom is 0.336 e. The van der Waals surface area contributed by atoms with Gasteiger partial charge in [0, 0.05) is 30.6 Å². The first-order valence-corrected chi connectivity index (χ1v) is 10.2. The smallest absolute Gasteiger partial charge is 0.336 e. The normalized spacial score (nSPS) is 19.2. The van der Waals surface area contributed by atoms with Crippen LogP contribution in [0.5, 0.6) is 5.75 Å². The molecule has 0 bridgehead atoms. The van der Waals surface area contributed by atoms with E-state index in [1.165, 1.54) is 6.07 Å². The van der Waals surface area contributed by atoms with Crippen LogP contribution >= 0.6 is 12.4 Å². The van der Waals surface area contributed by atoms with Gasteiger partial charge in [0.05, 0.1) is 0 Å². The highest BCUT2D eigenvalue weighted by molar-refractivity contribution is 5.85. The van der Waals surface area contributed by atoms with Crippen LogP contribution in [0, 0.1) is 5.41 Å². The van der Waals surface area contributed by atoms with E-state index >= 15 is 0 Å². The first kappa shape index (κ1) is 21.7. The second-order valence-electron chi connectivity index (χ2n) is 8.12. The van der Waals surface area contributed by atoms with Crippen LogP contribution in [-0.4, -0.2) is 43.1 Å². The van der Waals surface area contributed by atoms with Crippen LogP contribution in [0.4, 0.5) is 0 Å². The molecule has 1 unspecified atom stereocenters. The number of halogens is 1. The maximum atomic E-state index is 12.9. The molecular formula is C22H29ClN2O4. The number of carbonyl (C=O) groups is 1. The van der Waals surface area contributed by atoms with Crippen LogP contribution in [0.25, 0.3) is 11.0 Å². The average molecular weight is 421 g/mol. The van der Waals surface area contributed by atoms with Crippen molar-refractivity contribution in [3.8, 4) is 5.75 Å². The van der Waals surface area contributed by atoms with Gasteiger partial charge in [-0.05, 0) is 68.8 Å². The minimum Gasteiger partial charge on any atom is -0.481 e. The van der Waals surface area contributed by atoms with E-state index in [1.54, 1.807) is 13.0 Å². The van der Waals surface area contributed by atoms with E-state index in [1.807, 2.05) is 24.0 Å². The summed E-state index contributed by atoms with van der Waals surface area (Å²) >= 11 is 0. The van der Waals surface area contributed by atoms with Gasteiger partial charge >= 0.3 is 5.63 Å². The van der Waals surface area contributed by atoms with Gasteiger partial charge in [-0.15, -0.1) is 12.4 Å². The second kappa shape index (κ2) is 8.76. The van der Waals surface area contributed by atoms with E-state index < -0.39 is 6.10 Å². The van der Waals surface area contributed by atoms with Gasteiger partial charge in [-0.2, -0.15) is 0 Å². The quantitative estimate of drug-likeness (QED) is 0.769. The molecule has 1 spiro atoms. The zero-order chi connectivity index (χ0) is 19.7. The Morgan fingerprint density at radius 3 is 2.76 bits per heavy atom. The van der Waals surface area contributed by atoms with E-state index in [0.717, 1.165) is 62.8 Å². The number of ether oxygens (including phenoxy) is 1. The molecular weight excluding hydrogens is 392 g/mol. The van der Waals surface area contributed by atoms with Crippen LogP contribution in [0.1, 0.15) is 38.7 Å². The Morgan fingerprint density at radius 2 is 2.03 bits per heavy atom. The first-order chi connectivity index (χ1) is 13.5. The molecule has 158 valence electrons. The van der Waals surface area contributed by atoms with Crippen LogP contribution in [-0.2, 0) is 11.2 Å². The highest BCUT2D eigenvalue weighted by atomic mass is 35.5. The fourth-order valence-electron chi connectivity index (χ4n) is 4.58. The molecule has 2 aliphatic heterocycles. The van der Waals surface area contributed by atoms with Crippen molar-refractivity contribution in [2.24, 2.45) is 5.41 Å². The number of carbonyl (C=O) groups excluding carboxylic acids is 1. The molecule has 29 heavy (non-hydrogen) atoms. The summed E-state index contributed by atoms with van der Waals surface area (Å²) in [6.45, 7) is 7.50. The molecule has 0 radical (unpaired) electrons. The fraction of sp³-hybridized carbons (Fsp3) is 0.545. The summed E-state index contributed by atoms with van der Waals surface area (Å²) in [6, 6.07) is 6.96. The molecule has 2 aromatic rings. The minimum absolute atomic E-state index is 0. The summed E-state index contributed by atoms with van der Waals surface area (Å²) < 4.78 is 11.2. The van der Waals surface area contributed by atoms with Crippen molar-refractivity contribution in [2.45, 2.75) is 45.6 Å². The van der Waals surface area contributed by atoms with Gasteiger partial charge in [-0.1, -0.05) is 6.92 Å². The first-order valence-electron chi connectivity index (χ1n) is 10.2. The number of hydrogen-bond donors (Lipinski definition) is 1. The summed E-state index contributed by atoms with van der Waals surface area (Å²) in [4.78, 5) is 26.6. The minimum atomic E-state index is -0.574. The monoisotopic (exact) mass is 420 g/mol. The lowest BCUT2D eigenvalue weighted by Gasteiger charge is -2.34. The van der Waals surface area contributed by atoms with Gasteiger partial charge in [0.25, 0.3) is 5.91 Å². The summed E-state index contributed by atoms with van der Waals surface area (Å²) in [6.07, 6.45) is 3.53. The van der Waals surface area contributed by atoms with Crippen LogP contribution in [0.3, 0.4) is 0 Å². The van der Waals surface area contributed by atoms with Crippen molar-refractivity contribution in [3.05, 3.63) is 40.2 Å². The standard InChI is InChI=1S/C22H28N2O4.ClH/c1-3-16-12-20(25)28-19-13-17(4-5-18(16)19)27-15(2)21(26)24-11-8-22(14-24)6-9-23-10-7-22;/h4-5,12-13,15,23H,3,6-11,14H2,1-2H3;1H. The molecule has 0 saturated carbocycles. The maximum absolute atomic E-state index is 12.9. The van der Waals surface area contributed by atoms with E-state index in [4.69, 9.17) is 9.15 Å². The molecule has 1 aromatic carbocycles. The fourth-order valence-corrected chi connectivity index (χ4v) is 4.58. The molecule has 2 aliphatic rings. The summed E-state index contributed by atoms with van der Waals surface area (Å²) in [5, 5.41) is 4.31. The number of fused-ring (bicyclic) bond motifs is 1. The number of hydrogen-bond acceptors (Lipinski definition) is 5. The van der Waals surface area contributed by atoms with Gasteiger partial charge in [-0.3, -0.25) is 4.79 Å². The number of benzene rings is 1. The molecule has 6 nitrogen and oxygen atoms in total. The number of rotatable bonds is 4. The zero-order valence-electron chi connectivity index (χ0n) is 17.0. The Hall–Kier alpha value is -2.05. The predicted octanol–water partition coefficient (Wildman–Crippen LogP) is 3.15. The van der Waals surface area contributed by atoms with Gasteiger partial charge in [0.15, 0.2) is 6.10 Å². The zero-order valence-corrected chi connectivity index (χ0v) is 17.8. The van der Waals surface area contributed by atoms with Crippen LogP contribution in [0.15, 0.2) is 33.5 Å². The third-order valence-electron chi connectivity index (χ3n) is 6.26. The molecule has 0 aliphatic carbocycles. The van der Waals surface area contributed by atoms with E-state index in [-0.39, 0.29) is 29.4 Å². The molecule has 7 heteroatoms. The highest BCUT2D eigenvalue weighted by Crippen LogP contribution is 2.38. The molecule has 1 N–H and O–H groups in total. The van der Waals surface area contributed by atoms with Crippen molar-refractivity contribution < 1.29 is 13.9 Å². The summed E-state index contributed by atoms with van der Waals surface area (Å²) in [5.41, 5.74) is 1.36. The van der Waals surface area contributed by atoms with Crippen molar-refractivity contribution >= 4 is 29.3 Å². The predicted molar refractivity (Wildman–Crippen MR) is 115 cm³/mol. The molecule has 2 saturated heterocycles. The van der Waals surface area contributed by atoms with Gasteiger partial charge < -0.3 is 19.4 Å². The Bertz CT molecular complexity index is 936. The topological polar surface area (TPSA) is 71.8 Å². The molecule has 1 amide bonds. The number of aryl methyl sites for hydroxylation is 1. The third-order valence-corrected chi connectivity index (χ3v) is 6.26. The molecule has 1 atom stereocenters. The highest BCUT2D eigenvalue weighted by Gasteiger charge is 2.41. The Kier molecular flexibility index (Phi) is 6.54. The molecule has 1 aromatic heterocycles. The number of nitrogens with zero attached hydrogens (tertiary/aromatic N) is 1. The van der Waals surface area contributed by atoms with Gasteiger partial charge in [0.2, 0.25) is 0 Å². The Labute approximate surface area is 177 Å². The SMILES string of the molecule is CCc1cc(=O)oc2cc(OC(C)C(=O)N3CCC4(CCNCC4)C3)ccc12.Cl. The number of amides is 1. The Morgan fingerprint density at radius 1 is 1.28 bits per heavy atom. The lowest BCUT2D eigenvalue weighted by molar-refractivity contribution is -0.137. The van der Waals surface area contributed by atoms with Crippen molar-refractivity contribution in [1.82, 2.24) is 10.2 Å². The van der Waals surface area contributed by atoms with Crippen LogP contribution < -0.4 is 15.7 Å². The van der Waals surface area contributed by atoms with Crippen LogP contribution in [0.2, 0.25) is 0 Å². The molecule has 4 rings (SSSR count). The Balaban J connectivity index is 0.00000240. The van der Waals surface area contributed by atoms with Crippen molar-refractivity contribution in [1.29, 1.82) is 0 Å². The van der Waals surface area contributed by atoms with Gasteiger partial charge in [-0.25, -0.2) is 4.79 Å². The van der Waals surface area contributed by atoms with E-state index in [0.29, 0.717) is 11.3 Å². The number of piperidine rings is 1. The third kappa shape index (κ3) is 4.43. The van der Waals surface area contributed by atoms with E-state index in [2.05, 4.69) is 5.32 Å². The molecule has 3 heterocycles. The average Bonchev–Trinajstić information content (AvgIpc) is 3.10. The summed E-state index contributed by atoms with van der Waals surface area (Å²) in [7, 11) is 0. The lowest BCUT2D eigenvalue weighted by Crippen LogP contribution is -2.43. The van der Waals surface area contributed by atoms with Gasteiger partial charge in [0.1, 0.15) is 11.3 Å². The molecule has 2 fully saturated rings. The summed E-state index contributed by atoms with van der Waals surface area (Å²) in [5.74, 6) is 0.569. The van der Waals surface area contributed by atoms with Crippen molar-refractivity contribution in [2.75, 3.05) is 26.2 Å². The number of nitrogens with one attached hydrogen (secondary N) is 1. The number of likely N-dealkylation sites (tertiary alicyclic amines) is 1. The largest absolute Gasteiger partial charge is 0.481 e. The second-order valence-corrected chi connectivity index (χ2v) is 8.12. The lowest BCUT2D eigenvalue weighted by atomic mass is 9.78.